The number of likely N-dealkylation sites (tertiary alicyclic amines) is 1. The highest BCUT2D eigenvalue weighted by Crippen LogP contribution is 2.54. The van der Waals surface area contributed by atoms with E-state index in [4.69, 9.17) is 23.2 Å². The lowest BCUT2D eigenvalue weighted by molar-refractivity contribution is -0.161. The van der Waals surface area contributed by atoms with E-state index in [1.165, 1.54) is 0 Å². The number of nitrogens with one attached hydrogen (secondary N) is 1. The largest absolute Gasteiger partial charge is 0.481 e. The van der Waals surface area contributed by atoms with E-state index in [-0.39, 0.29) is 42.9 Å². The van der Waals surface area contributed by atoms with Crippen LogP contribution in [0, 0.1) is 11.3 Å². The number of carbonyl (C=O) groups excluding carboxylic acids is 1. The van der Waals surface area contributed by atoms with Gasteiger partial charge in [-0.05, 0) is 72.7 Å². The van der Waals surface area contributed by atoms with Crippen LogP contribution >= 0.6 is 23.2 Å². The highest BCUT2D eigenvalue weighted by Gasteiger charge is 2.54. The smallest absolute Gasteiger partial charge is 0.304 e. The summed E-state index contributed by atoms with van der Waals surface area (Å²) in [6, 6.07) is 18.8. The number of aliphatic carboxylic acids is 1. The normalized spacial score (nSPS) is 23.5. The van der Waals surface area contributed by atoms with E-state index in [9.17, 15) is 23.1 Å². The summed E-state index contributed by atoms with van der Waals surface area (Å²) >= 11 is 12.7. The van der Waals surface area contributed by atoms with Gasteiger partial charge >= 0.3 is 5.97 Å². The summed E-state index contributed by atoms with van der Waals surface area (Å²) in [5.74, 6) is -1.91. The molecule has 222 valence electrons. The van der Waals surface area contributed by atoms with Gasteiger partial charge in [0.05, 0.1) is 23.6 Å². The maximum Gasteiger partial charge on any atom is 0.304 e. The average molecular weight is 631 g/mol. The van der Waals surface area contributed by atoms with Crippen LogP contribution < -0.4 is 4.72 Å². The molecule has 2 aliphatic rings. The summed E-state index contributed by atoms with van der Waals surface area (Å²) in [5.41, 5.74) is 0.900. The summed E-state index contributed by atoms with van der Waals surface area (Å²) in [7, 11) is -3.78. The van der Waals surface area contributed by atoms with Gasteiger partial charge in [-0.2, -0.15) is 0 Å². The molecular weight excluding hydrogens is 597 g/mol. The summed E-state index contributed by atoms with van der Waals surface area (Å²) in [5, 5.41) is 10.9. The number of rotatable bonds is 11. The summed E-state index contributed by atoms with van der Waals surface area (Å²) in [6.07, 6.45) is 3.14. The molecule has 4 atom stereocenters. The van der Waals surface area contributed by atoms with Crippen LogP contribution in [-0.4, -0.2) is 47.9 Å². The molecule has 8 nitrogen and oxygen atoms in total. The number of piperidine rings is 1. The monoisotopic (exact) mass is 629 g/mol. The Hall–Kier alpha value is -2.98. The lowest BCUT2D eigenvalue weighted by atomic mass is 9.67. The Bertz CT molecular complexity index is 1550. The number of sulfonamides is 1. The Morgan fingerprint density at radius 2 is 1.81 bits per heavy atom. The van der Waals surface area contributed by atoms with Gasteiger partial charge in [0.2, 0.25) is 15.9 Å². The second-order valence-electron chi connectivity index (χ2n) is 11.5. The highest BCUT2D eigenvalue weighted by molar-refractivity contribution is 7.88. The van der Waals surface area contributed by atoms with Gasteiger partial charge in [-0.3, -0.25) is 14.6 Å². The van der Waals surface area contributed by atoms with E-state index in [0.717, 1.165) is 24.0 Å². The Morgan fingerprint density at radius 3 is 2.43 bits per heavy atom. The standard InChI is InChI=1S/C31H33Cl2N3O5S/c1-31(17-28(37)38)16-26(22-5-4-6-24(33)15-22)29(21-10-12-23(32)13-11-21)36(30(31)39)27(20-8-9-20)18-35-42(40,41)19-25-7-2-3-14-34-25/h2-7,10-15,20,26-27,29,35H,8-9,16-19H2,1H3,(H,37,38)/t26?,27-,29-,31-/m1/s1. The van der Waals surface area contributed by atoms with Crippen molar-refractivity contribution in [3.63, 3.8) is 0 Å². The van der Waals surface area contributed by atoms with Crippen molar-refractivity contribution in [3.8, 4) is 0 Å². The zero-order valence-electron chi connectivity index (χ0n) is 23.1. The fraction of sp³-hybridized carbons (Fsp3) is 0.387. The maximum atomic E-state index is 14.5. The number of benzene rings is 2. The first kappa shape index (κ1) is 30.5. The molecule has 2 fully saturated rings. The maximum absolute atomic E-state index is 14.5. The molecule has 1 aliphatic heterocycles. The van der Waals surface area contributed by atoms with Crippen LogP contribution in [0.25, 0.3) is 0 Å². The first-order valence-electron chi connectivity index (χ1n) is 13.9. The molecule has 1 unspecified atom stereocenters. The van der Waals surface area contributed by atoms with Crippen LogP contribution in [0.5, 0.6) is 0 Å². The summed E-state index contributed by atoms with van der Waals surface area (Å²) < 4.78 is 29.0. The fourth-order valence-corrected chi connectivity index (χ4v) is 7.57. The molecule has 1 aromatic heterocycles. The van der Waals surface area contributed by atoms with E-state index in [0.29, 0.717) is 15.7 Å². The quantitative estimate of drug-likeness (QED) is 0.276. The number of hydrogen-bond donors (Lipinski definition) is 2. The van der Waals surface area contributed by atoms with Crippen molar-refractivity contribution in [2.24, 2.45) is 11.3 Å². The number of amides is 1. The topological polar surface area (TPSA) is 117 Å². The lowest BCUT2D eigenvalue weighted by Gasteiger charge is -2.52. The second-order valence-corrected chi connectivity index (χ2v) is 14.2. The van der Waals surface area contributed by atoms with Gasteiger partial charge in [0.25, 0.3) is 0 Å². The third-order valence-corrected chi connectivity index (χ3v) is 10.0. The van der Waals surface area contributed by atoms with Crippen LogP contribution in [-0.2, 0) is 25.4 Å². The van der Waals surface area contributed by atoms with Crippen molar-refractivity contribution in [2.75, 3.05) is 6.54 Å². The van der Waals surface area contributed by atoms with Crippen molar-refractivity contribution in [1.29, 1.82) is 0 Å². The van der Waals surface area contributed by atoms with Crippen LogP contribution in [0.2, 0.25) is 10.0 Å². The van der Waals surface area contributed by atoms with Gasteiger partial charge in [-0.25, -0.2) is 13.1 Å². The number of pyridine rings is 1. The third kappa shape index (κ3) is 6.97. The van der Waals surface area contributed by atoms with Crippen LogP contribution in [0.15, 0.2) is 72.9 Å². The predicted molar refractivity (Wildman–Crippen MR) is 162 cm³/mol. The fourth-order valence-electron chi connectivity index (χ4n) is 6.16. The van der Waals surface area contributed by atoms with E-state index in [1.54, 1.807) is 54.4 Å². The number of aromatic nitrogens is 1. The molecule has 2 N–H and O–H groups in total. The molecule has 42 heavy (non-hydrogen) atoms. The summed E-state index contributed by atoms with van der Waals surface area (Å²) in [4.78, 5) is 32.4. The van der Waals surface area contributed by atoms with Crippen molar-refractivity contribution in [2.45, 2.75) is 56.4 Å². The van der Waals surface area contributed by atoms with Crippen molar-refractivity contribution in [1.82, 2.24) is 14.6 Å². The number of carboxylic acids is 1. The average Bonchev–Trinajstić information content (AvgIpc) is 3.77. The minimum atomic E-state index is -3.78. The van der Waals surface area contributed by atoms with E-state index >= 15 is 0 Å². The molecule has 11 heteroatoms. The van der Waals surface area contributed by atoms with E-state index in [2.05, 4.69) is 9.71 Å². The third-order valence-electron chi connectivity index (χ3n) is 8.23. The van der Waals surface area contributed by atoms with Crippen molar-refractivity contribution >= 4 is 45.1 Å². The van der Waals surface area contributed by atoms with Gasteiger partial charge in [-0.15, -0.1) is 0 Å². The van der Waals surface area contributed by atoms with Gasteiger partial charge in [-0.1, -0.05) is 60.5 Å². The highest BCUT2D eigenvalue weighted by atomic mass is 35.5. The molecular formula is C31H33Cl2N3O5S. The van der Waals surface area contributed by atoms with E-state index in [1.807, 2.05) is 30.3 Å². The van der Waals surface area contributed by atoms with Crippen molar-refractivity contribution in [3.05, 3.63) is 99.8 Å². The minimum Gasteiger partial charge on any atom is -0.481 e. The van der Waals surface area contributed by atoms with E-state index < -0.39 is 33.5 Å². The Kier molecular flexibility index (Phi) is 8.94. The molecule has 1 saturated carbocycles. The van der Waals surface area contributed by atoms with Crippen LogP contribution in [0.3, 0.4) is 0 Å². The number of nitrogens with zero attached hydrogens (tertiary/aromatic N) is 2. The molecule has 2 aromatic carbocycles. The molecule has 3 aromatic rings. The van der Waals surface area contributed by atoms with Crippen LogP contribution in [0.1, 0.15) is 61.4 Å². The number of hydrogen-bond acceptors (Lipinski definition) is 5. The van der Waals surface area contributed by atoms with Gasteiger partial charge < -0.3 is 10.0 Å². The molecule has 2 heterocycles. The van der Waals surface area contributed by atoms with Gasteiger partial charge in [0.1, 0.15) is 5.75 Å². The molecule has 1 saturated heterocycles. The SMILES string of the molecule is C[C@]1(CC(=O)O)CC(c2cccc(Cl)c2)[C@@H](c2ccc(Cl)cc2)N([C@H](CNS(=O)(=O)Cc2ccccn2)C2CC2)C1=O. The molecule has 5 rings (SSSR count). The number of halogens is 2. The Balaban J connectivity index is 1.58. The zero-order valence-corrected chi connectivity index (χ0v) is 25.4. The predicted octanol–water partition coefficient (Wildman–Crippen LogP) is 5.82. The first-order valence-corrected chi connectivity index (χ1v) is 16.3. The Morgan fingerprint density at radius 1 is 1.07 bits per heavy atom. The number of carboxylic acid groups (broad SMARTS) is 1. The minimum absolute atomic E-state index is 0.00107. The molecule has 0 radical (unpaired) electrons. The molecule has 0 spiro atoms. The molecule has 0 bridgehead atoms. The zero-order chi connectivity index (χ0) is 30.1. The first-order chi connectivity index (χ1) is 20.0. The molecule has 1 aliphatic carbocycles. The molecule has 1 amide bonds. The van der Waals surface area contributed by atoms with Gasteiger partial charge in [0.15, 0.2) is 0 Å². The summed E-state index contributed by atoms with van der Waals surface area (Å²) in [6.45, 7) is 1.70. The second kappa shape index (κ2) is 12.3. The Labute approximate surface area is 256 Å². The van der Waals surface area contributed by atoms with Crippen molar-refractivity contribution < 1.29 is 23.1 Å². The van der Waals surface area contributed by atoms with Gasteiger partial charge in [0, 0.05) is 34.7 Å². The lowest BCUT2D eigenvalue weighted by Crippen LogP contribution is -2.59. The number of carbonyl (C=O) groups is 2. The van der Waals surface area contributed by atoms with Crippen LogP contribution in [0.4, 0.5) is 0 Å².